The summed E-state index contributed by atoms with van der Waals surface area (Å²) in [5, 5.41) is 9.56. The van der Waals surface area contributed by atoms with Crippen LogP contribution in [-0.2, 0) is 4.79 Å². The number of methoxy groups -OCH3 is 1. The number of hydrogen-bond acceptors (Lipinski definition) is 4. The van der Waals surface area contributed by atoms with Crippen LogP contribution in [0.1, 0.15) is 35.3 Å². The van der Waals surface area contributed by atoms with Crippen LogP contribution in [0.2, 0.25) is 0 Å². The first-order valence-electron chi connectivity index (χ1n) is 7.58. The number of likely N-dealkylation sites (tertiary alicyclic amines) is 1. The third-order valence-corrected chi connectivity index (χ3v) is 4.83. The second kappa shape index (κ2) is 5.59. The molecule has 6 heteroatoms. The van der Waals surface area contributed by atoms with E-state index in [4.69, 9.17) is 4.74 Å². The molecule has 2 heterocycles. The van der Waals surface area contributed by atoms with E-state index in [1.54, 1.807) is 12.1 Å². The van der Waals surface area contributed by atoms with E-state index in [1.165, 1.54) is 12.0 Å². The number of carboxylic acid groups (broad SMARTS) is 1. The van der Waals surface area contributed by atoms with E-state index < -0.39 is 12.0 Å². The van der Waals surface area contributed by atoms with E-state index >= 15 is 0 Å². The van der Waals surface area contributed by atoms with Crippen molar-refractivity contribution in [1.82, 2.24) is 9.88 Å². The Morgan fingerprint density at radius 1 is 1.36 bits per heavy atom. The molecule has 0 aromatic carbocycles. The number of hydrogen-bond donors (Lipinski definition) is 1. The number of carbonyl (C=O) groups is 2. The van der Waals surface area contributed by atoms with Gasteiger partial charge in [0.2, 0.25) is 5.88 Å². The molecule has 3 atom stereocenters. The number of aromatic nitrogens is 1. The van der Waals surface area contributed by atoms with Gasteiger partial charge in [-0.3, -0.25) is 4.79 Å². The number of aryl methyl sites for hydroxylation is 1. The zero-order chi connectivity index (χ0) is 15.9. The van der Waals surface area contributed by atoms with Gasteiger partial charge in [0.25, 0.3) is 5.91 Å². The molecule has 1 aromatic rings. The van der Waals surface area contributed by atoms with Gasteiger partial charge in [-0.05, 0) is 43.7 Å². The molecule has 1 amide bonds. The van der Waals surface area contributed by atoms with Crippen molar-refractivity contribution in [2.24, 2.45) is 11.8 Å². The van der Waals surface area contributed by atoms with Gasteiger partial charge in [0.05, 0.1) is 7.11 Å². The molecule has 118 valence electrons. The van der Waals surface area contributed by atoms with E-state index in [0.717, 1.165) is 25.0 Å². The van der Waals surface area contributed by atoms with E-state index in [0.29, 0.717) is 18.0 Å². The van der Waals surface area contributed by atoms with Gasteiger partial charge in [0.15, 0.2) is 0 Å². The van der Waals surface area contributed by atoms with Crippen molar-refractivity contribution < 1.29 is 19.4 Å². The fourth-order valence-electron chi connectivity index (χ4n) is 3.84. The van der Waals surface area contributed by atoms with Crippen LogP contribution >= 0.6 is 0 Å². The summed E-state index contributed by atoms with van der Waals surface area (Å²) >= 11 is 0. The molecule has 0 spiro atoms. The van der Waals surface area contributed by atoms with Gasteiger partial charge in [-0.15, -0.1) is 0 Å². The molecular formula is C16H20N2O4. The van der Waals surface area contributed by atoms with Crippen molar-refractivity contribution in [3.05, 3.63) is 23.4 Å². The van der Waals surface area contributed by atoms with E-state index in [9.17, 15) is 14.7 Å². The van der Waals surface area contributed by atoms with Crippen LogP contribution in [0.15, 0.2) is 12.1 Å². The zero-order valence-corrected chi connectivity index (χ0v) is 12.8. The Hall–Kier alpha value is -2.11. The second-order valence-corrected chi connectivity index (χ2v) is 6.10. The maximum absolute atomic E-state index is 12.8. The van der Waals surface area contributed by atoms with Gasteiger partial charge in [-0.25, -0.2) is 9.78 Å². The fraction of sp³-hybridized carbons (Fsp3) is 0.562. The first kappa shape index (κ1) is 14.8. The lowest BCUT2D eigenvalue weighted by atomic mass is 9.94. The lowest BCUT2D eigenvalue weighted by molar-refractivity contribution is -0.142. The Morgan fingerprint density at radius 2 is 2.14 bits per heavy atom. The summed E-state index contributed by atoms with van der Waals surface area (Å²) in [5.41, 5.74) is 1.08. The molecule has 22 heavy (non-hydrogen) atoms. The number of nitrogens with zero attached hydrogens (tertiary/aromatic N) is 2. The molecule has 2 fully saturated rings. The predicted octanol–water partition coefficient (Wildman–Crippen LogP) is 1.72. The van der Waals surface area contributed by atoms with Crippen molar-refractivity contribution in [1.29, 1.82) is 0 Å². The normalized spacial score (nSPS) is 26.8. The Bertz CT molecular complexity index is 616. The lowest BCUT2D eigenvalue weighted by Crippen LogP contribution is -2.43. The van der Waals surface area contributed by atoms with Gasteiger partial charge in [0, 0.05) is 12.2 Å². The van der Waals surface area contributed by atoms with Crippen LogP contribution in [0.3, 0.4) is 0 Å². The number of carbonyl (C=O) groups excluding carboxylic acids is 1. The third kappa shape index (κ3) is 2.32. The average Bonchev–Trinajstić information content (AvgIpc) is 3.06. The first-order chi connectivity index (χ1) is 10.5. The van der Waals surface area contributed by atoms with Crippen LogP contribution < -0.4 is 4.74 Å². The number of fused-ring (bicyclic) bond motifs is 1. The topological polar surface area (TPSA) is 79.7 Å². The molecular weight excluding hydrogens is 284 g/mol. The molecule has 2 aliphatic rings. The highest BCUT2D eigenvalue weighted by molar-refractivity contribution is 5.99. The molecule has 1 saturated heterocycles. The van der Waals surface area contributed by atoms with Gasteiger partial charge in [-0.1, -0.05) is 6.42 Å². The van der Waals surface area contributed by atoms with Gasteiger partial charge in [0.1, 0.15) is 11.6 Å². The Kier molecular flexibility index (Phi) is 3.76. The number of amides is 1. The average molecular weight is 304 g/mol. The SMILES string of the molecule is COc1nc(C)ccc1C(=O)N1C[C@@H]2CCC[C@H]2[C@@H]1C(=O)O. The van der Waals surface area contributed by atoms with E-state index in [-0.39, 0.29) is 17.7 Å². The molecule has 0 radical (unpaired) electrons. The van der Waals surface area contributed by atoms with Crippen molar-refractivity contribution >= 4 is 11.9 Å². The second-order valence-electron chi connectivity index (χ2n) is 6.10. The van der Waals surface area contributed by atoms with Gasteiger partial charge in [-0.2, -0.15) is 0 Å². The quantitative estimate of drug-likeness (QED) is 0.920. The van der Waals surface area contributed by atoms with Gasteiger partial charge >= 0.3 is 5.97 Å². The molecule has 0 bridgehead atoms. The number of pyridine rings is 1. The zero-order valence-electron chi connectivity index (χ0n) is 12.8. The summed E-state index contributed by atoms with van der Waals surface area (Å²) in [6, 6.07) is 2.67. The maximum Gasteiger partial charge on any atom is 0.326 e. The highest BCUT2D eigenvalue weighted by Gasteiger charge is 2.49. The van der Waals surface area contributed by atoms with Crippen molar-refractivity contribution in [3.63, 3.8) is 0 Å². The Morgan fingerprint density at radius 3 is 2.82 bits per heavy atom. The highest BCUT2D eigenvalue weighted by atomic mass is 16.5. The van der Waals surface area contributed by atoms with Crippen LogP contribution in [0.5, 0.6) is 5.88 Å². The first-order valence-corrected chi connectivity index (χ1v) is 7.58. The molecule has 1 aromatic heterocycles. The Balaban J connectivity index is 1.93. The molecule has 3 rings (SSSR count). The molecule has 1 aliphatic carbocycles. The molecule has 1 N–H and O–H groups in total. The summed E-state index contributed by atoms with van der Waals surface area (Å²) in [6.07, 6.45) is 2.94. The molecule has 0 unspecified atom stereocenters. The maximum atomic E-state index is 12.8. The number of aliphatic carboxylic acids is 1. The summed E-state index contributed by atoms with van der Waals surface area (Å²) < 4.78 is 5.19. The molecule has 6 nitrogen and oxygen atoms in total. The van der Waals surface area contributed by atoms with E-state index in [2.05, 4.69) is 4.98 Å². The number of carboxylic acids is 1. The summed E-state index contributed by atoms with van der Waals surface area (Å²) in [6.45, 7) is 2.33. The summed E-state index contributed by atoms with van der Waals surface area (Å²) in [7, 11) is 1.46. The monoisotopic (exact) mass is 304 g/mol. The third-order valence-electron chi connectivity index (χ3n) is 4.83. The minimum Gasteiger partial charge on any atom is -0.480 e. The molecule has 1 saturated carbocycles. The number of rotatable bonds is 3. The summed E-state index contributed by atoms with van der Waals surface area (Å²) in [5.74, 6) is -0.584. The van der Waals surface area contributed by atoms with Crippen molar-refractivity contribution in [2.45, 2.75) is 32.2 Å². The minimum atomic E-state index is -0.915. The van der Waals surface area contributed by atoms with E-state index in [1.807, 2.05) is 6.92 Å². The lowest BCUT2D eigenvalue weighted by Gasteiger charge is -2.25. The predicted molar refractivity (Wildman–Crippen MR) is 78.8 cm³/mol. The largest absolute Gasteiger partial charge is 0.480 e. The van der Waals surface area contributed by atoms with Crippen molar-refractivity contribution in [2.75, 3.05) is 13.7 Å². The summed E-state index contributed by atoms with van der Waals surface area (Å²) in [4.78, 5) is 30.2. The number of ether oxygens (including phenoxy) is 1. The smallest absolute Gasteiger partial charge is 0.326 e. The van der Waals surface area contributed by atoms with Crippen LogP contribution in [0.25, 0.3) is 0 Å². The Labute approximate surface area is 129 Å². The van der Waals surface area contributed by atoms with Crippen molar-refractivity contribution in [3.8, 4) is 5.88 Å². The van der Waals surface area contributed by atoms with Crippen LogP contribution in [0, 0.1) is 18.8 Å². The van der Waals surface area contributed by atoms with Crippen LogP contribution in [0.4, 0.5) is 0 Å². The fourth-order valence-corrected chi connectivity index (χ4v) is 3.84. The van der Waals surface area contributed by atoms with Gasteiger partial charge < -0.3 is 14.7 Å². The standard InChI is InChI=1S/C16H20N2O4/c1-9-6-7-12(14(17-9)22-2)15(19)18-8-10-4-3-5-11(10)13(18)16(20)21/h6-7,10-11,13H,3-5,8H2,1-2H3,(H,20,21)/t10-,11+,13+/m0/s1. The minimum absolute atomic E-state index is 0.0749. The van der Waals surface area contributed by atoms with Crippen LogP contribution in [-0.4, -0.2) is 46.6 Å². The highest BCUT2D eigenvalue weighted by Crippen LogP contribution is 2.43. The molecule has 1 aliphatic heterocycles.